The Balaban J connectivity index is 2.11. The van der Waals surface area contributed by atoms with Crippen LogP contribution in [0.3, 0.4) is 0 Å². The van der Waals surface area contributed by atoms with Gasteiger partial charge in [0, 0.05) is 29.9 Å². The van der Waals surface area contributed by atoms with Gasteiger partial charge in [-0.2, -0.15) is 0 Å². The lowest BCUT2D eigenvalue weighted by Crippen LogP contribution is -2.30. The topological polar surface area (TPSA) is 86.6 Å². The third-order valence-electron chi connectivity index (χ3n) is 4.01. The molecule has 1 heterocycles. The van der Waals surface area contributed by atoms with Gasteiger partial charge in [-0.3, -0.25) is 9.59 Å². The van der Waals surface area contributed by atoms with Gasteiger partial charge in [-0.15, -0.1) is 0 Å². The van der Waals surface area contributed by atoms with Crippen LogP contribution in [0.2, 0.25) is 5.02 Å². The van der Waals surface area contributed by atoms with Crippen molar-refractivity contribution in [1.82, 2.24) is 4.57 Å². The second-order valence-corrected chi connectivity index (χ2v) is 6.53. The summed E-state index contributed by atoms with van der Waals surface area (Å²) in [6.45, 7) is 4.65. The second kappa shape index (κ2) is 8.26. The molecule has 1 aromatic heterocycles. The fourth-order valence-corrected chi connectivity index (χ4v) is 2.55. The summed E-state index contributed by atoms with van der Waals surface area (Å²) in [4.78, 5) is 36.1. The zero-order chi connectivity index (χ0) is 20.3. The molecule has 1 aromatic carbocycles. The molecule has 0 unspecified atom stereocenters. The molecule has 0 saturated carbocycles. The number of ether oxygens (including phenoxy) is 2. The molecule has 7 nitrogen and oxygen atoms in total. The van der Waals surface area contributed by atoms with E-state index in [4.69, 9.17) is 21.1 Å². The van der Waals surface area contributed by atoms with Crippen molar-refractivity contribution in [3.05, 3.63) is 46.2 Å². The smallest absolute Gasteiger partial charge is 0.355 e. The molecule has 1 atom stereocenters. The molecule has 0 fully saturated rings. The Labute approximate surface area is 162 Å². The molecule has 1 N–H and O–H groups in total. The summed E-state index contributed by atoms with van der Waals surface area (Å²) >= 11 is 6.05. The Morgan fingerprint density at radius 1 is 1.22 bits per heavy atom. The molecule has 0 saturated heterocycles. The van der Waals surface area contributed by atoms with E-state index in [-0.39, 0.29) is 11.5 Å². The van der Waals surface area contributed by atoms with Gasteiger partial charge in [0.2, 0.25) is 0 Å². The quantitative estimate of drug-likeness (QED) is 0.601. The molecular weight excluding hydrogens is 372 g/mol. The van der Waals surface area contributed by atoms with E-state index in [1.807, 2.05) is 0 Å². The highest BCUT2D eigenvalue weighted by molar-refractivity contribution is 6.31. The number of nitrogens with zero attached hydrogens (tertiary/aromatic N) is 1. The van der Waals surface area contributed by atoms with Crippen molar-refractivity contribution in [3.63, 3.8) is 0 Å². The number of aryl methyl sites for hydroxylation is 2. The van der Waals surface area contributed by atoms with Gasteiger partial charge in [-0.05, 0) is 38.5 Å². The minimum atomic E-state index is -1.06. The van der Waals surface area contributed by atoms with Gasteiger partial charge >= 0.3 is 5.97 Å². The lowest BCUT2D eigenvalue weighted by atomic mass is 10.2. The molecule has 0 aliphatic heterocycles. The summed E-state index contributed by atoms with van der Waals surface area (Å²) in [6.07, 6.45) is 0.472. The Bertz CT molecular complexity index is 904. The number of benzene rings is 1. The minimum absolute atomic E-state index is 0.166. The average molecular weight is 393 g/mol. The lowest BCUT2D eigenvalue weighted by Gasteiger charge is -2.16. The van der Waals surface area contributed by atoms with Crippen LogP contribution in [-0.2, 0) is 16.6 Å². The van der Waals surface area contributed by atoms with Gasteiger partial charge < -0.3 is 19.4 Å². The van der Waals surface area contributed by atoms with Crippen molar-refractivity contribution in [3.8, 4) is 5.75 Å². The third kappa shape index (κ3) is 4.68. The highest BCUT2D eigenvalue weighted by atomic mass is 35.5. The molecule has 1 amide bonds. The van der Waals surface area contributed by atoms with Crippen molar-refractivity contribution in [2.75, 3.05) is 12.4 Å². The number of carbonyl (C=O) groups excluding carboxylic acids is 3. The van der Waals surface area contributed by atoms with E-state index < -0.39 is 18.0 Å². The number of rotatable bonds is 6. The monoisotopic (exact) mass is 392 g/mol. The number of esters is 1. The molecule has 2 rings (SSSR count). The van der Waals surface area contributed by atoms with Gasteiger partial charge in [0.25, 0.3) is 5.91 Å². The van der Waals surface area contributed by atoms with Crippen LogP contribution in [0.5, 0.6) is 5.75 Å². The Hall–Kier alpha value is -2.80. The summed E-state index contributed by atoms with van der Waals surface area (Å²) in [5.74, 6) is -0.997. The molecule has 0 bridgehead atoms. The standard InChI is InChI=1S/C19H21ClN2O5/c1-10-6-15(17(26-5)8-14(10)20)21-18(24)12(3)27-19(25)16-7-13(11(2)23)9-22(16)4/h6-9,12H,1-5H3,(H,21,24)/t12-/m0/s1. The van der Waals surface area contributed by atoms with E-state index in [1.165, 1.54) is 37.8 Å². The molecule has 144 valence electrons. The number of hydrogen-bond donors (Lipinski definition) is 1. The number of aromatic nitrogens is 1. The highest BCUT2D eigenvalue weighted by Crippen LogP contribution is 2.31. The first-order valence-electron chi connectivity index (χ1n) is 8.17. The first kappa shape index (κ1) is 20.5. The van der Waals surface area contributed by atoms with E-state index >= 15 is 0 Å². The number of hydrogen-bond acceptors (Lipinski definition) is 5. The van der Waals surface area contributed by atoms with Crippen LogP contribution in [0.4, 0.5) is 5.69 Å². The fraction of sp³-hybridized carbons (Fsp3) is 0.316. The summed E-state index contributed by atoms with van der Waals surface area (Å²) in [5, 5.41) is 3.17. The zero-order valence-electron chi connectivity index (χ0n) is 15.8. The van der Waals surface area contributed by atoms with E-state index in [0.29, 0.717) is 22.0 Å². The summed E-state index contributed by atoms with van der Waals surface area (Å²) in [5.41, 5.74) is 1.76. The van der Waals surface area contributed by atoms with Crippen molar-refractivity contribution < 1.29 is 23.9 Å². The van der Waals surface area contributed by atoms with Crippen molar-refractivity contribution in [1.29, 1.82) is 0 Å². The summed E-state index contributed by atoms with van der Waals surface area (Å²) < 4.78 is 11.9. The van der Waals surface area contributed by atoms with Crippen LogP contribution in [0.1, 0.15) is 40.3 Å². The van der Waals surface area contributed by atoms with Crippen LogP contribution >= 0.6 is 11.6 Å². The largest absolute Gasteiger partial charge is 0.495 e. The second-order valence-electron chi connectivity index (χ2n) is 6.12. The number of ketones is 1. The normalized spacial score (nSPS) is 11.6. The lowest BCUT2D eigenvalue weighted by molar-refractivity contribution is -0.123. The maximum atomic E-state index is 12.4. The minimum Gasteiger partial charge on any atom is -0.495 e. The molecule has 0 aliphatic carbocycles. The zero-order valence-corrected chi connectivity index (χ0v) is 16.5. The van der Waals surface area contributed by atoms with Crippen LogP contribution in [0.25, 0.3) is 0 Å². The molecule has 0 spiro atoms. The molecule has 0 aliphatic rings. The summed E-state index contributed by atoms with van der Waals surface area (Å²) in [6, 6.07) is 4.70. The van der Waals surface area contributed by atoms with Crippen molar-refractivity contribution in [2.24, 2.45) is 7.05 Å². The van der Waals surface area contributed by atoms with E-state index in [1.54, 1.807) is 26.1 Å². The number of carbonyl (C=O) groups is 3. The number of nitrogens with one attached hydrogen (secondary N) is 1. The van der Waals surface area contributed by atoms with Gasteiger partial charge in [-0.25, -0.2) is 4.79 Å². The molecule has 27 heavy (non-hydrogen) atoms. The SMILES string of the molecule is COc1cc(Cl)c(C)cc1NC(=O)[C@H](C)OC(=O)c1cc(C(C)=O)cn1C. The van der Waals surface area contributed by atoms with Crippen LogP contribution in [0.15, 0.2) is 24.4 Å². The number of Topliss-reactive ketones (excluding diaryl/α,β-unsaturated/α-hetero) is 1. The predicted octanol–water partition coefficient (Wildman–Crippen LogP) is 3.38. The number of anilines is 1. The molecule has 2 aromatic rings. The maximum Gasteiger partial charge on any atom is 0.355 e. The Morgan fingerprint density at radius 2 is 1.89 bits per heavy atom. The van der Waals surface area contributed by atoms with Gasteiger partial charge in [0.1, 0.15) is 11.4 Å². The van der Waals surface area contributed by atoms with Crippen molar-refractivity contribution >= 4 is 34.9 Å². The van der Waals surface area contributed by atoms with Crippen molar-refractivity contribution in [2.45, 2.75) is 26.9 Å². The van der Waals surface area contributed by atoms with Gasteiger partial charge in [-0.1, -0.05) is 11.6 Å². The van der Waals surface area contributed by atoms with Crippen LogP contribution in [-0.4, -0.2) is 35.4 Å². The average Bonchev–Trinajstić information content (AvgIpc) is 3.00. The van der Waals surface area contributed by atoms with E-state index in [2.05, 4.69) is 5.32 Å². The number of methoxy groups -OCH3 is 1. The van der Waals surface area contributed by atoms with Crippen LogP contribution < -0.4 is 10.1 Å². The molecular formula is C19H21ClN2O5. The predicted molar refractivity (Wildman–Crippen MR) is 102 cm³/mol. The highest BCUT2D eigenvalue weighted by Gasteiger charge is 2.23. The summed E-state index contributed by atoms with van der Waals surface area (Å²) in [7, 11) is 3.08. The Morgan fingerprint density at radius 3 is 2.44 bits per heavy atom. The van der Waals surface area contributed by atoms with Crippen LogP contribution in [0, 0.1) is 6.92 Å². The maximum absolute atomic E-state index is 12.4. The van der Waals surface area contributed by atoms with E-state index in [0.717, 1.165) is 5.56 Å². The fourth-order valence-electron chi connectivity index (χ4n) is 2.40. The molecule has 0 radical (unpaired) electrons. The van der Waals surface area contributed by atoms with E-state index in [9.17, 15) is 14.4 Å². The Kier molecular flexibility index (Phi) is 6.28. The first-order valence-corrected chi connectivity index (χ1v) is 8.55. The number of amides is 1. The van der Waals surface area contributed by atoms with Gasteiger partial charge in [0.15, 0.2) is 11.9 Å². The third-order valence-corrected chi connectivity index (χ3v) is 4.42. The molecule has 8 heteroatoms. The number of halogens is 1. The first-order chi connectivity index (χ1) is 12.6. The van der Waals surface area contributed by atoms with Gasteiger partial charge in [0.05, 0.1) is 12.8 Å².